The fourth-order valence-electron chi connectivity index (χ4n) is 1.33. The molecular weight excluding hydrogens is 202 g/mol. The van der Waals surface area contributed by atoms with Crippen LogP contribution in [0.1, 0.15) is 20.3 Å². The van der Waals surface area contributed by atoms with E-state index in [4.69, 9.17) is 5.73 Å². The van der Waals surface area contributed by atoms with Gasteiger partial charge < -0.3 is 16.0 Å². The lowest BCUT2D eigenvalue weighted by atomic mass is 10.2. The minimum absolute atomic E-state index is 0.493. The van der Waals surface area contributed by atoms with Gasteiger partial charge in [-0.25, -0.2) is 4.98 Å². The molecule has 5 nitrogen and oxygen atoms in total. The van der Waals surface area contributed by atoms with E-state index in [0.29, 0.717) is 17.8 Å². The van der Waals surface area contributed by atoms with Gasteiger partial charge in [0, 0.05) is 25.3 Å². The molecule has 0 saturated carbocycles. The molecule has 0 radical (unpaired) electrons. The summed E-state index contributed by atoms with van der Waals surface area (Å²) in [5, 5.41) is 3.15. The molecule has 3 N–H and O–H groups in total. The summed E-state index contributed by atoms with van der Waals surface area (Å²) in [5.41, 5.74) is 5.56. The molecule has 0 aliphatic heterocycles. The standard InChI is InChI=1S/C11H21N5/c1-4-9(2)16(3)8-7-14-11-13-6-5-10(12)15-11/h5-6,9H,4,7-8H2,1-3H3,(H3,12,13,14,15). The topological polar surface area (TPSA) is 67.1 Å². The molecule has 0 saturated heterocycles. The van der Waals surface area contributed by atoms with Gasteiger partial charge in [0.05, 0.1) is 0 Å². The predicted molar refractivity (Wildman–Crippen MR) is 67.3 cm³/mol. The number of hydrogen-bond donors (Lipinski definition) is 2. The summed E-state index contributed by atoms with van der Waals surface area (Å²) in [5.74, 6) is 1.09. The zero-order valence-corrected chi connectivity index (χ0v) is 10.3. The van der Waals surface area contributed by atoms with Gasteiger partial charge in [0.2, 0.25) is 5.95 Å². The number of nitrogens with zero attached hydrogens (tertiary/aromatic N) is 3. The van der Waals surface area contributed by atoms with E-state index < -0.39 is 0 Å². The summed E-state index contributed by atoms with van der Waals surface area (Å²) in [6.45, 7) is 6.20. The molecular formula is C11H21N5. The molecule has 0 fully saturated rings. The van der Waals surface area contributed by atoms with Crippen molar-refractivity contribution in [2.24, 2.45) is 0 Å². The Labute approximate surface area is 97.1 Å². The van der Waals surface area contributed by atoms with E-state index in [-0.39, 0.29) is 0 Å². The van der Waals surface area contributed by atoms with E-state index in [1.165, 1.54) is 0 Å². The van der Waals surface area contributed by atoms with Crippen molar-refractivity contribution >= 4 is 11.8 Å². The number of likely N-dealkylation sites (N-methyl/N-ethyl adjacent to an activating group) is 1. The lowest BCUT2D eigenvalue weighted by Gasteiger charge is -2.23. The zero-order valence-electron chi connectivity index (χ0n) is 10.3. The van der Waals surface area contributed by atoms with Crippen molar-refractivity contribution in [2.45, 2.75) is 26.3 Å². The van der Waals surface area contributed by atoms with Crippen molar-refractivity contribution in [1.82, 2.24) is 14.9 Å². The van der Waals surface area contributed by atoms with Crippen LogP contribution >= 0.6 is 0 Å². The van der Waals surface area contributed by atoms with Crippen LogP contribution in [0.15, 0.2) is 12.3 Å². The number of hydrogen-bond acceptors (Lipinski definition) is 5. The Balaban J connectivity index is 2.30. The third-order valence-electron chi connectivity index (χ3n) is 2.77. The lowest BCUT2D eigenvalue weighted by molar-refractivity contribution is 0.261. The summed E-state index contributed by atoms with van der Waals surface area (Å²) in [7, 11) is 2.12. The maximum absolute atomic E-state index is 5.56. The van der Waals surface area contributed by atoms with E-state index >= 15 is 0 Å². The second-order valence-corrected chi connectivity index (χ2v) is 3.97. The van der Waals surface area contributed by atoms with Crippen molar-refractivity contribution < 1.29 is 0 Å². The minimum atomic E-state index is 0.493. The number of nitrogens with two attached hydrogens (primary N) is 1. The molecule has 0 aromatic carbocycles. The Hall–Kier alpha value is -1.36. The van der Waals surface area contributed by atoms with Crippen molar-refractivity contribution in [1.29, 1.82) is 0 Å². The highest BCUT2D eigenvalue weighted by Gasteiger charge is 2.05. The van der Waals surface area contributed by atoms with Crippen LogP contribution in [0.25, 0.3) is 0 Å². The van der Waals surface area contributed by atoms with Crippen molar-refractivity contribution in [3.63, 3.8) is 0 Å². The van der Waals surface area contributed by atoms with Gasteiger partial charge in [-0.1, -0.05) is 6.92 Å². The Morgan fingerprint density at radius 3 is 2.94 bits per heavy atom. The molecule has 5 heteroatoms. The average Bonchev–Trinajstić information content (AvgIpc) is 2.28. The van der Waals surface area contributed by atoms with E-state index in [1.807, 2.05) is 0 Å². The second-order valence-electron chi connectivity index (χ2n) is 3.97. The first kappa shape index (κ1) is 12.7. The average molecular weight is 223 g/mol. The number of anilines is 2. The van der Waals surface area contributed by atoms with Gasteiger partial charge in [0.1, 0.15) is 5.82 Å². The minimum Gasteiger partial charge on any atom is -0.384 e. The van der Waals surface area contributed by atoms with Crippen LogP contribution in [0, 0.1) is 0 Å². The van der Waals surface area contributed by atoms with E-state index in [1.54, 1.807) is 12.3 Å². The van der Waals surface area contributed by atoms with Crippen LogP contribution in [0.2, 0.25) is 0 Å². The molecule has 0 aliphatic carbocycles. The third kappa shape index (κ3) is 4.02. The fourth-order valence-corrected chi connectivity index (χ4v) is 1.33. The molecule has 1 aromatic rings. The Morgan fingerprint density at radius 2 is 2.31 bits per heavy atom. The smallest absolute Gasteiger partial charge is 0.224 e. The molecule has 1 heterocycles. The first-order valence-electron chi connectivity index (χ1n) is 5.66. The second kappa shape index (κ2) is 6.27. The Morgan fingerprint density at radius 1 is 1.56 bits per heavy atom. The highest BCUT2D eigenvalue weighted by Crippen LogP contribution is 2.02. The number of rotatable bonds is 6. The first-order chi connectivity index (χ1) is 7.63. The number of nitrogens with one attached hydrogen (secondary N) is 1. The molecule has 0 spiro atoms. The van der Waals surface area contributed by atoms with Crippen LogP contribution in [0.5, 0.6) is 0 Å². The molecule has 0 bridgehead atoms. The normalized spacial score (nSPS) is 12.8. The number of aromatic nitrogens is 2. The van der Waals surface area contributed by atoms with Gasteiger partial charge in [-0.15, -0.1) is 0 Å². The summed E-state index contributed by atoms with van der Waals surface area (Å²) in [4.78, 5) is 10.5. The van der Waals surface area contributed by atoms with Crippen LogP contribution < -0.4 is 11.1 Å². The number of nitrogen functional groups attached to an aromatic ring is 1. The fraction of sp³-hybridized carbons (Fsp3) is 0.636. The van der Waals surface area contributed by atoms with Gasteiger partial charge in [-0.3, -0.25) is 0 Å². The van der Waals surface area contributed by atoms with Gasteiger partial charge in [0.15, 0.2) is 0 Å². The molecule has 1 unspecified atom stereocenters. The van der Waals surface area contributed by atoms with Gasteiger partial charge in [-0.2, -0.15) is 4.98 Å². The summed E-state index contributed by atoms with van der Waals surface area (Å²) in [6, 6.07) is 2.28. The first-order valence-corrected chi connectivity index (χ1v) is 5.66. The largest absolute Gasteiger partial charge is 0.384 e. The maximum Gasteiger partial charge on any atom is 0.224 e. The van der Waals surface area contributed by atoms with Crippen molar-refractivity contribution in [3.05, 3.63) is 12.3 Å². The molecule has 0 amide bonds. The molecule has 16 heavy (non-hydrogen) atoms. The Kier molecular flexibility index (Phi) is 4.98. The van der Waals surface area contributed by atoms with E-state index in [0.717, 1.165) is 19.5 Å². The lowest BCUT2D eigenvalue weighted by Crippen LogP contribution is -2.32. The van der Waals surface area contributed by atoms with Gasteiger partial charge in [0.25, 0.3) is 0 Å². The van der Waals surface area contributed by atoms with Gasteiger partial charge >= 0.3 is 0 Å². The summed E-state index contributed by atoms with van der Waals surface area (Å²) in [6.07, 6.45) is 2.81. The monoisotopic (exact) mass is 223 g/mol. The molecule has 1 aromatic heterocycles. The molecule has 90 valence electrons. The summed E-state index contributed by atoms with van der Waals surface area (Å²) >= 11 is 0. The van der Waals surface area contributed by atoms with E-state index in [2.05, 4.69) is 41.1 Å². The predicted octanol–water partition coefficient (Wildman–Crippen LogP) is 1.20. The third-order valence-corrected chi connectivity index (χ3v) is 2.77. The molecule has 1 atom stereocenters. The highest BCUT2D eigenvalue weighted by molar-refractivity contribution is 5.34. The highest BCUT2D eigenvalue weighted by atomic mass is 15.2. The molecule has 1 rings (SSSR count). The van der Waals surface area contributed by atoms with Crippen LogP contribution in [-0.2, 0) is 0 Å². The quantitative estimate of drug-likeness (QED) is 0.758. The van der Waals surface area contributed by atoms with Crippen LogP contribution in [-0.4, -0.2) is 41.0 Å². The summed E-state index contributed by atoms with van der Waals surface area (Å²) < 4.78 is 0. The Bertz CT molecular complexity index is 315. The van der Waals surface area contributed by atoms with Crippen molar-refractivity contribution in [2.75, 3.05) is 31.2 Å². The maximum atomic E-state index is 5.56. The van der Waals surface area contributed by atoms with Crippen molar-refractivity contribution in [3.8, 4) is 0 Å². The molecule has 0 aliphatic rings. The van der Waals surface area contributed by atoms with Crippen LogP contribution in [0.3, 0.4) is 0 Å². The zero-order chi connectivity index (χ0) is 12.0. The van der Waals surface area contributed by atoms with Gasteiger partial charge in [-0.05, 0) is 26.5 Å². The van der Waals surface area contributed by atoms with Crippen LogP contribution in [0.4, 0.5) is 11.8 Å². The SMILES string of the molecule is CCC(C)N(C)CCNc1nccc(N)n1. The van der Waals surface area contributed by atoms with E-state index in [9.17, 15) is 0 Å².